The van der Waals surface area contributed by atoms with Crippen LogP contribution in [0.15, 0.2) is 59.5 Å². The molecule has 2 aliphatic carbocycles. The van der Waals surface area contributed by atoms with Crippen LogP contribution in [0.3, 0.4) is 0 Å². The van der Waals surface area contributed by atoms with Gasteiger partial charge in [-0.2, -0.15) is 0 Å². The topological polar surface area (TPSA) is 65.8 Å². The van der Waals surface area contributed by atoms with Crippen molar-refractivity contribution in [3.8, 4) is 5.75 Å². The minimum absolute atomic E-state index is 0.0255. The summed E-state index contributed by atoms with van der Waals surface area (Å²) in [6, 6.07) is 14.3. The fourth-order valence-corrected chi connectivity index (χ4v) is 6.21. The summed E-state index contributed by atoms with van der Waals surface area (Å²) in [5, 5.41) is 12.6. The molecule has 34 heavy (non-hydrogen) atoms. The smallest absolute Gasteiger partial charge is 0.277 e. The van der Waals surface area contributed by atoms with Gasteiger partial charge in [0.1, 0.15) is 18.0 Å². The van der Waals surface area contributed by atoms with Crippen LogP contribution in [-0.2, 0) is 18.4 Å². The van der Waals surface area contributed by atoms with Gasteiger partial charge in [0, 0.05) is 24.7 Å². The van der Waals surface area contributed by atoms with E-state index in [2.05, 4.69) is 6.07 Å². The first-order chi connectivity index (χ1) is 16.5. The summed E-state index contributed by atoms with van der Waals surface area (Å²) in [6.07, 6.45) is 2.87. The van der Waals surface area contributed by atoms with Crippen LogP contribution in [0, 0.1) is 11.7 Å². The first-order valence-corrected chi connectivity index (χ1v) is 11.4. The number of alkyl halides is 1. The molecule has 3 aliphatic rings. The van der Waals surface area contributed by atoms with Crippen molar-refractivity contribution in [1.82, 2.24) is 9.58 Å². The lowest BCUT2D eigenvalue weighted by molar-refractivity contribution is 0.0641. The van der Waals surface area contributed by atoms with E-state index in [9.17, 15) is 19.1 Å². The molecule has 2 heterocycles. The Balaban J connectivity index is 1.66. The highest BCUT2D eigenvalue weighted by Gasteiger charge is 2.59. The number of benzene rings is 2. The maximum atomic E-state index is 15.0. The van der Waals surface area contributed by atoms with Crippen molar-refractivity contribution in [3.05, 3.63) is 98.7 Å². The Hall–Kier alpha value is -3.68. The fraction of sp³-hybridized carbons (Fsp3) is 0.308. The normalized spacial score (nSPS) is 22.4. The summed E-state index contributed by atoms with van der Waals surface area (Å²) in [7, 11) is 0. The lowest BCUT2D eigenvalue weighted by Crippen LogP contribution is -2.63. The average Bonchev–Trinajstić information content (AvgIpc) is 3.33. The lowest BCUT2D eigenvalue weighted by atomic mass is 9.81. The van der Waals surface area contributed by atoms with Crippen molar-refractivity contribution in [2.24, 2.45) is 5.92 Å². The highest BCUT2D eigenvalue weighted by atomic mass is 19.1. The third-order valence-corrected chi connectivity index (χ3v) is 7.54. The van der Waals surface area contributed by atoms with Gasteiger partial charge in [-0.05, 0) is 47.6 Å². The highest BCUT2D eigenvalue weighted by molar-refractivity contribution is 5.96. The molecule has 3 aromatic rings. The summed E-state index contributed by atoms with van der Waals surface area (Å²) in [5.74, 6) is -1.47. The van der Waals surface area contributed by atoms with E-state index in [4.69, 9.17) is 0 Å². The van der Waals surface area contributed by atoms with Gasteiger partial charge in [-0.1, -0.05) is 36.4 Å². The van der Waals surface area contributed by atoms with Crippen molar-refractivity contribution in [3.63, 3.8) is 0 Å². The van der Waals surface area contributed by atoms with Gasteiger partial charge in [0.15, 0.2) is 11.4 Å². The number of aromatic nitrogens is 1. The molecule has 174 valence electrons. The predicted octanol–water partition coefficient (Wildman–Crippen LogP) is 3.08. The zero-order chi connectivity index (χ0) is 23.6. The molecule has 1 aliphatic heterocycles. The number of hydrogen-bond acceptors (Lipinski definition) is 4. The molecule has 0 bridgehead atoms. The van der Waals surface area contributed by atoms with Crippen molar-refractivity contribution < 1.29 is 18.7 Å². The van der Waals surface area contributed by atoms with Crippen LogP contribution in [0.4, 0.5) is 8.78 Å². The molecule has 2 aromatic carbocycles. The summed E-state index contributed by atoms with van der Waals surface area (Å²) >= 11 is 0. The van der Waals surface area contributed by atoms with Crippen LogP contribution in [-0.4, -0.2) is 40.5 Å². The molecular formula is C26H23F2N3O3. The number of carbonyl (C=O) groups is 1. The minimum atomic E-state index is -0.820. The van der Waals surface area contributed by atoms with E-state index < -0.39 is 29.3 Å². The molecule has 1 amide bonds. The summed E-state index contributed by atoms with van der Waals surface area (Å²) in [5.41, 5.74) is 1.96. The van der Waals surface area contributed by atoms with Crippen molar-refractivity contribution >= 4 is 5.91 Å². The number of pyridine rings is 1. The SMILES string of the molecule is O=C1c2c(O)c(=O)ccn2N(C23c4ccccc4CC2Cc2c(F)cccc23)CN1CCCF. The molecule has 8 heteroatoms. The maximum Gasteiger partial charge on any atom is 0.277 e. The van der Waals surface area contributed by atoms with Gasteiger partial charge >= 0.3 is 0 Å². The summed E-state index contributed by atoms with van der Waals surface area (Å²) in [4.78, 5) is 27.0. The Kier molecular flexibility index (Phi) is 4.56. The first kappa shape index (κ1) is 20.9. The fourth-order valence-electron chi connectivity index (χ4n) is 6.21. The molecule has 0 saturated carbocycles. The van der Waals surface area contributed by atoms with Crippen molar-refractivity contribution in [2.45, 2.75) is 24.8 Å². The number of aromatic hydroxyl groups is 1. The molecule has 6 rings (SSSR count). The monoisotopic (exact) mass is 463 g/mol. The third-order valence-electron chi connectivity index (χ3n) is 7.54. The Labute approximate surface area is 194 Å². The summed E-state index contributed by atoms with van der Waals surface area (Å²) < 4.78 is 29.6. The standard InChI is InChI=1S/C26H23F2N3O3/c27-10-4-11-29-15-31(30-12-9-22(32)24(33)23(30)25(29)34)26-17(13-16-5-1-2-6-19(16)26)14-18-20(26)7-3-8-21(18)28/h1-3,5-9,12,17,33H,4,10-11,13-15H2. The molecule has 1 N–H and O–H groups in total. The molecule has 1 aromatic heterocycles. The van der Waals surface area contributed by atoms with Gasteiger partial charge in [0.25, 0.3) is 5.91 Å². The number of rotatable bonds is 4. The zero-order valence-corrected chi connectivity index (χ0v) is 18.4. The van der Waals surface area contributed by atoms with E-state index in [-0.39, 0.29) is 37.1 Å². The van der Waals surface area contributed by atoms with Crippen molar-refractivity contribution in [1.29, 1.82) is 0 Å². The van der Waals surface area contributed by atoms with Crippen LogP contribution in [0.2, 0.25) is 0 Å². The number of hydrogen-bond donors (Lipinski definition) is 1. The van der Waals surface area contributed by atoms with Crippen LogP contribution >= 0.6 is 0 Å². The number of halogens is 2. The van der Waals surface area contributed by atoms with Crippen molar-refractivity contribution in [2.75, 3.05) is 24.9 Å². The van der Waals surface area contributed by atoms with Crippen LogP contribution in [0.5, 0.6) is 5.75 Å². The second kappa shape index (κ2) is 7.41. The van der Waals surface area contributed by atoms with Gasteiger partial charge in [-0.15, -0.1) is 0 Å². The second-order valence-electron chi connectivity index (χ2n) is 9.17. The lowest BCUT2D eigenvalue weighted by Gasteiger charge is -2.50. The average molecular weight is 463 g/mol. The largest absolute Gasteiger partial charge is 0.502 e. The molecule has 0 saturated heterocycles. The molecule has 0 fully saturated rings. The molecule has 0 radical (unpaired) electrons. The highest BCUT2D eigenvalue weighted by Crippen LogP contribution is 2.57. The van der Waals surface area contributed by atoms with E-state index in [1.165, 1.54) is 23.2 Å². The Morgan fingerprint density at radius 3 is 2.65 bits per heavy atom. The van der Waals surface area contributed by atoms with Gasteiger partial charge in [-0.25, -0.2) is 4.39 Å². The van der Waals surface area contributed by atoms with Gasteiger partial charge in [0.2, 0.25) is 5.43 Å². The van der Waals surface area contributed by atoms with Gasteiger partial charge < -0.3 is 10.0 Å². The van der Waals surface area contributed by atoms with E-state index in [0.29, 0.717) is 12.0 Å². The Morgan fingerprint density at radius 2 is 1.82 bits per heavy atom. The molecule has 2 atom stereocenters. The van der Waals surface area contributed by atoms with Crippen LogP contribution in [0.25, 0.3) is 0 Å². The van der Waals surface area contributed by atoms with Gasteiger partial charge in [0.05, 0.1) is 6.67 Å². The van der Waals surface area contributed by atoms with Crippen LogP contribution in [0.1, 0.15) is 39.2 Å². The van der Waals surface area contributed by atoms with E-state index in [1.54, 1.807) is 10.7 Å². The second-order valence-corrected chi connectivity index (χ2v) is 9.17. The third kappa shape index (κ3) is 2.59. The number of nitrogens with zero attached hydrogens (tertiary/aromatic N) is 3. The molecule has 6 nitrogen and oxygen atoms in total. The van der Waals surface area contributed by atoms with E-state index >= 15 is 4.39 Å². The first-order valence-electron chi connectivity index (χ1n) is 11.4. The van der Waals surface area contributed by atoms with E-state index in [0.717, 1.165) is 23.1 Å². The molecular weight excluding hydrogens is 440 g/mol. The molecule has 2 unspecified atom stereocenters. The minimum Gasteiger partial charge on any atom is -0.502 e. The molecule has 0 spiro atoms. The van der Waals surface area contributed by atoms with Gasteiger partial charge in [-0.3, -0.25) is 23.7 Å². The number of carbonyl (C=O) groups excluding carboxylic acids is 1. The number of amides is 1. The Morgan fingerprint density at radius 1 is 1.03 bits per heavy atom. The predicted molar refractivity (Wildman–Crippen MR) is 122 cm³/mol. The quantitative estimate of drug-likeness (QED) is 0.646. The number of fused-ring (bicyclic) bond motifs is 6. The Bertz CT molecular complexity index is 1390. The zero-order valence-electron chi connectivity index (χ0n) is 18.4. The van der Waals surface area contributed by atoms with Crippen LogP contribution < -0.4 is 10.4 Å². The van der Waals surface area contributed by atoms with E-state index in [1.807, 2.05) is 29.3 Å². The summed E-state index contributed by atoms with van der Waals surface area (Å²) in [6.45, 7) is -0.357. The maximum absolute atomic E-state index is 15.0.